The number of hydrogen-bond acceptors (Lipinski definition) is 5. The molecule has 0 bridgehead atoms. The van der Waals surface area contributed by atoms with Gasteiger partial charge in [0.1, 0.15) is 10.8 Å². The number of hydrogen-bond donors (Lipinski definition) is 0. The Kier molecular flexibility index (Phi) is 3.93. The molecule has 106 valence electrons. The van der Waals surface area contributed by atoms with Crippen LogP contribution in [0.5, 0.6) is 0 Å². The predicted molar refractivity (Wildman–Crippen MR) is 79.6 cm³/mol. The summed E-state index contributed by atoms with van der Waals surface area (Å²) in [6, 6.07) is 6.40. The van der Waals surface area contributed by atoms with Crippen LogP contribution in [0.3, 0.4) is 0 Å². The molecule has 0 unspecified atom stereocenters. The van der Waals surface area contributed by atoms with Gasteiger partial charge in [-0.15, -0.1) is 10.2 Å². The van der Waals surface area contributed by atoms with Crippen molar-refractivity contribution >= 4 is 16.5 Å². The van der Waals surface area contributed by atoms with Crippen molar-refractivity contribution in [2.75, 3.05) is 37.6 Å². The first-order valence-electron chi connectivity index (χ1n) is 6.83. The zero-order valence-corrected chi connectivity index (χ0v) is 12.2. The van der Waals surface area contributed by atoms with Crippen LogP contribution >= 0.6 is 11.3 Å². The van der Waals surface area contributed by atoms with Gasteiger partial charge in [0.15, 0.2) is 0 Å². The van der Waals surface area contributed by atoms with E-state index in [9.17, 15) is 4.39 Å². The molecule has 0 atom stereocenters. The van der Waals surface area contributed by atoms with Gasteiger partial charge in [0.05, 0.1) is 0 Å². The molecule has 0 spiro atoms. The Morgan fingerprint density at radius 2 is 1.80 bits per heavy atom. The molecule has 0 amide bonds. The number of halogens is 1. The van der Waals surface area contributed by atoms with E-state index in [0.29, 0.717) is 0 Å². The molecule has 0 aliphatic carbocycles. The Morgan fingerprint density at radius 3 is 2.45 bits per heavy atom. The number of benzene rings is 1. The summed E-state index contributed by atoms with van der Waals surface area (Å²) >= 11 is 1.57. The molecular formula is C14H17FN4S. The van der Waals surface area contributed by atoms with E-state index in [2.05, 4.69) is 26.9 Å². The van der Waals surface area contributed by atoms with Crippen LogP contribution < -0.4 is 4.90 Å². The molecular weight excluding hydrogens is 275 g/mol. The van der Waals surface area contributed by atoms with Crippen LogP contribution in [0.15, 0.2) is 24.3 Å². The van der Waals surface area contributed by atoms with Crippen LogP contribution in [-0.2, 0) is 0 Å². The molecule has 2 heterocycles. The van der Waals surface area contributed by atoms with Crippen LogP contribution in [-0.4, -0.2) is 47.8 Å². The lowest BCUT2D eigenvalue weighted by Crippen LogP contribution is -2.46. The van der Waals surface area contributed by atoms with Gasteiger partial charge in [0.25, 0.3) is 0 Å². The van der Waals surface area contributed by atoms with Crippen molar-refractivity contribution in [1.82, 2.24) is 15.1 Å². The highest BCUT2D eigenvalue weighted by atomic mass is 32.1. The van der Waals surface area contributed by atoms with E-state index in [-0.39, 0.29) is 5.82 Å². The van der Waals surface area contributed by atoms with Gasteiger partial charge in [0.2, 0.25) is 5.13 Å². The van der Waals surface area contributed by atoms with Gasteiger partial charge in [-0.25, -0.2) is 4.39 Å². The summed E-state index contributed by atoms with van der Waals surface area (Å²) in [5.74, 6) is -0.228. The van der Waals surface area contributed by atoms with E-state index in [1.54, 1.807) is 23.5 Å². The summed E-state index contributed by atoms with van der Waals surface area (Å²) in [5.41, 5.74) is 0.919. The molecule has 0 radical (unpaired) electrons. The highest BCUT2D eigenvalue weighted by molar-refractivity contribution is 7.18. The standard InChI is InChI=1S/C14H17FN4S/c1-2-18-7-9-19(10-8-18)14-17-16-13(20-14)11-3-5-12(15)6-4-11/h3-6H,2,7-10H2,1H3. The van der Waals surface area contributed by atoms with Gasteiger partial charge >= 0.3 is 0 Å². The van der Waals surface area contributed by atoms with Crippen LogP contribution in [0, 0.1) is 5.82 Å². The monoisotopic (exact) mass is 292 g/mol. The second-order valence-corrected chi connectivity index (χ2v) is 5.77. The Bertz CT molecular complexity index is 561. The molecule has 1 aromatic carbocycles. The second kappa shape index (κ2) is 5.85. The van der Waals surface area contributed by atoms with Crippen molar-refractivity contribution in [1.29, 1.82) is 0 Å². The van der Waals surface area contributed by atoms with E-state index in [1.165, 1.54) is 12.1 Å². The number of rotatable bonds is 3. The highest BCUT2D eigenvalue weighted by Crippen LogP contribution is 2.29. The molecule has 1 aromatic heterocycles. The molecule has 1 aliphatic rings. The summed E-state index contributed by atoms with van der Waals surface area (Å²) < 4.78 is 12.9. The first kappa shape index (κ1) is 13.5. The van der Waals surface area contributed by atoms with E-state index in [1.807, 2.05) is 0 Å². The molecule has 20 heavy (non-hydrogen) atoms. The summed E-state index contributed by atoms with van der Waals surface area (Å²) in [6.07, 6.45) is 0. The summed E-state index contributed by atoms with van der Waals surface area (Å²) in [5, 5.41) is 10.3. The Balaban J connectivity index is 1.72. The first-order chi connectivity index (χ1) is 9.76. The van der Waals surface area contributed by atoms with Crippen molar-refractivity contribution in [2.45, 2.75) is 6.92 Å². The Morgan fingerprint density at radius 1 is 1.10 bits per heavy atom. The quantitative estimate of drug-likeness (QED) is 0.870. The Labute approximate surface area is 121 Å². The minimum absolute atomic E-state index is 0.228. The fourth-order valence-corrected chi connectivity index (χ4v) is 3.21. The van der Waals surface area contributed by atoms with E-state index < -0.39 is 0 Å². The fourth-order valence-electron chi connectivity index (χ4n) is 2.31. The third kappa shape index (κ3) is 2.81. The van der Waals surface area contributed by atoms with Crippen LogP contribution in [0.25, 0.3) is 10.6 Å². The molecule has 1 fully saturated rings. The number of anilines is 1. The smallest absolute Gasteiger partial charge is 0.208 e. The molecule has 3 rings (SSSR count). The highest BCUT2D eigenvalue weighted by Gasteiger charge is 2.19. The van der Waals surface area contributed by atoms with Crippen molar-refractivity contribution in [3.63, 3.8) is 0 Å². The van der Waals surface area contributed by atoms with Gasteiger partial charge in [-0.1, -0.05) is 18.3 Å². The number of aromatic nitrogens is 2. The van der Waals surface area contributed by atoms with Crippen LogP contribution in [0.2, 0.25) is 0 Å². The zero-order valence-electron chi connectivity index (χ0n) is 11.4. The molecule has 1 saturated heterocycles. The number of nitrogens with zero attached hydrogens (tertiary/aromatic N) is 4. The van der Waals surface area contributed by atoms with Crippen LogP contribution in [0.4, 0.5) is 9.52 Å². The average Bonchev–Trinajstić information content (AvgIpc) is 2.98. The SMILES string of the molecule is CCN1CCN(c2nnc(-c3ccc(F)cc3)s2)CC1. The van der Waals surface area contributed by atoms with Gasteiger partial charge in [-0.05, 0) is 30.8 Å². The van der Waals surface area contributed by atoms with E-state index in [4.69, 9.17) is 0 Å². The molecule has 6 heteroatoms. The zero-order chi connectivity index (χ0) is 13.9. The lowest BCUT2D eigenvalue weighted by atomic mass is 10.2. The van der Waals surface area contributed by atoms with Gasteiger partial charge in [-0.3, -0.25) is 0 Å². The maximum Gasteiger partial charge on any atom is 0.208 e. The summed E-state index contributed by atoms with van der Waals surface area (Å²) in [7, 11) is 0. The largest absolute Gasteiger partial charge is 0.344 e. The third-order valence-corrected chi connectivity index (χ3v) is 4.63. The van der Waals surface area contributed by atoms with Crippen molar-refractivity contribution in [2.24, 2.45) is 0 Å². The number of piperazine rings is 1. The normalized spacial score (nSPS) is 16.6. The maximum atomic E-state index is 12.9. The van der Waals surface area contributed by atoms with E-state index >= 15 is 0 Å². The maximum absolute atomic E-state index is 12.9. The lowest BCUT2D eigenvalue weighted by molar-refractivity contribution is 0.271. The predicted octanol–water partition coefficient (Wildman–Crippen LogP) is 2.49. The summed E-state index contributed by atoms with van der Waals surface area (Å²) in [4.78, 5) is 4.70. The van der Waals surface area contributed by atoms with Gasteiger partial charge in [-0.2, -0.15) is 0 Å². The minimum Gasteiger partial charge on any atom is -0.344 e. The average molecular weight is 292 g/mol. The Hall–Kier alpha value is -1.53. The molecule has 1 aliphatic heterocycles. The lowest BCUT2D eigenvalue weighted by Gasteiger charge is -2.33. The van der Waals surface area contributed by atoms with Crippen molar-refractivity contribution < 1.29 is 4.39 Å². The van der Waals surface area contributed by atoms with Crippen molar-refractivity contribution in [3.8, 4) is 10.6 Å². The molecule has 2 aromatic rings. The third-order valence-electron chi connectivity index (χ3n) is 3.60. The van der Waals surface area contributed by atoms with Gasteiger partial charge in [0, 0.05) is 31.7 Å². The topological polar surface area (TPSA) is 32.3 Å². The molecule has 4 nitrogen and oxygen atoms in total. The first-order valence-corrected chi connectivity index (χ1v) is 7.64. The van der Waals surface area contributed by atoms with Gasteiger partial charge < -0.3 is 9.80 Å². The number of likely N-dealkylation sites (N-methyl/N-ethyl adjacent to an activating group) is 1. The fraction of sp³-hybridized carbons (Fsp3) is 0.429. The minimum atomic E-state index is -0.228. The molecule has 0 saturated carbocycles. The summed E-state index contributed by atoms with van der Waals surface area (Å²) in [6.45, 7) is 7.42. The van der Waals surface area contributed by atoms with Crippen LogP contribution in [0.1, 0.15) is 6.92 Å². The second-order valence-electron chi connectivity index (χ2n) is 4.82. The molecule has 0 N–H and O–H groups in total. The van der Waals surface area contributed by atoms with E-state index in [0.717, 1.165) is 48.4 Å². The van der Waals surface area contributed by atoms with Crippen molar-refractivity contribution in [3.05, 3.63) is 30.1 Å².